The number of carbonyl (C=O) groups excluding carboxylic acids is 3. The van der Waals surface area contributed by atoms with Gasteiger partial charge in [-0.05, 0) is 51.7 Å². The molecule has 3 amide bonds. The van der Waals surface area contributed by atoms with Gasteiger partial charge in [0.15, 0.2) is 11.6 Å². The zero-order chi connectivity index (χ0) is 29.1. The van der Waals surface area contributed by atoms with Gasteiger partial charge in [-0.25, -0.2) is 14.8 Å². The molecule has 41 heavy (non-hydrogen) atoms. The Kier molecular flexibility index (Phi) is 8.04. The molecule has 3 aliphatic rings. The number of hydrogen-bond acceptors (Lipinski definition) is 10. The summed E-state index contributed by atoms with van der Waals surface area (Å²) < 4.78 is 11.7. The average Bonchev–Trinajstić information content (AvgIpc) is 3.59. The first-order chi connectivity index (χ1) is 19.6. The van der Waals surface area contributed by atoms with Crippen LogP contribution in [0.15, 0.2) is 24.5 Å². The van der Waals surface area contributed by atoms with Crippen LogP contribution >= 0.6 is 0 Å². The minimum absolute atomic E-state index is 0.131. The van der Waals surface area contributed by atoms with E-state index in [1.807, 2.05) is 18.2 Å². The molecule has 1 aromatic carbocycles. The second-order valence-corrected chi connectivity index (χ2v) is 11.5. The standard InChI is InChI=1S/C28H38N8O5/c1-28(2,3)41-27(39)34-20(12-22(29)37)26(38)35-11-9-17-6-4-8-21(19(17)13-35)40-14-18-7-5-10-36(18)25-23-24(31-15-30-23)32-16-33-25/h4,6,8,16,18,20,30H,5,7,9-15H2,1-3H3,(H2,29,37)(H,34,39)(H,31,32,33)/t18-,20?/m1/s1. The van der Waals surface area contributed by atoms with E-state index in [0.717, 1.165) is 47.8 Å². The van der Waals surface area contributed by atoms with E-state index in [1.54, 1.807) is 32.0 Å². The van der Waals surface area contributed by atoms with Crippen LogP contribution in [0.2, 0.25) is 0 Å². The molecular formula is C28H38N8O5. The number of rotatable bonds is 8. The summed E-state index contributed by atoms with van der Waals surface area (Å²) in [7, 11) is 0. The minimum atomic E-state index is -1.12. The summed E-state index contributed by atoms with van der Waals surface area (Å²) in [6.07, 6.45) is 3.09. The van der Waals surface area contributed by atoms with Crippen molar-refractivity contribution >= 4 is 35.2 Å². The van der Waals surface area contributed by atoms with Gasteiger partial charge in [-0.15, -0.1) is 0 Å². The van der Waals surface area contributed by atoms with Crippen molar-refractivity contribution < 1.29 is 23.9 Å². The number of primary amides is 1. The fourth-order valence-corrected chi connectivity index (χ4v) is 5.53. The summed E-state index contributed by atoms with van der Waals surface area (Å²) in [5, 5.41) is 9.07. The Hall–Kier alpha value is -4.29. The number of nitrogens with one attached hydrogen (secondary N) is 3. The van der Waals surface area contributed by atoms with Crippen molar-refractivity contribution in [3.05, 3.63) is 35.7 Å². The van der Waals surface area contributed by atoms with E-state index in [0.29, 0.717) is 38.5 Å². The first-order valence-corrected chi connectivity index (χ1v) is 14.0. The molecule has 5 rings (SSSR count). The van der Waals surface area contributed by atoms with Crippen LogP contribution in [0.4, 0.5) is 22.1 Å². The molecule has 1 unspecified atom stereocenters. The Morgan fingerprint density at radius 1 is 1.20 bits per heavy atom. The number of nitrogens with two attached hydrogens (primary N) is 1. The highest BCUT2D eigenvalue weighted by Gasteiger charge is 2.33. The molecule has 2 atom stereocenters. The maximum atomic E-state index is 13.5. The van der Waals surface area contributed by atoms with Crippen LogP contribution in [0.25, 0.3) is 0 Å². The van der Waals surface area contributed by atoms with E-state index in [1.165, 1.54) is 0 Å². The fraction of sp³-hybridized carbons (Fsp3) is 0.536. The number of amides is 3. The number of hydrogen-bond donors (Lipinski definition) is 4. The molecular weight excluding hydrogens is 528 g/mol. The SMILES string of the molecule is CC(C)(C)OC(=O)NC(CC(N)=O)C(=O)N1CCc2cccc(OC[C@H]3CCCN3c3ncnc4c3NCN4)c2C1. The average molecular weight is 567 g/mol. The van der Waals surface area contributed by atoms with Crippen molar-refractivity contribution in [3.63, 3.8) is 0 Å². The van der Waals surface area contributed by atoms with Crippen molar-refractivity contribution in [2.75, 3.05) is 41.9 Å². The third-order valence-electron chi connectivity index (χ3n) is 7.36. The van der Waals surface area contributed by atoms with Crippen LogP contribution in [-0.2, 0) is 27.3 Å². The number of ether oxygens (including phenoxy) is 2. The summed E-state index contributed by atoms with van der Waals surface area (Å²) >= 11 is 0. The van der Waals surface area contributed by atoms with Gasteiger partial charge in [0.2, 0.25) is 11.8 Å². The van der Waals surface area contributed by atoms with Crippen LogP contribution in [0.5, 0.6) is 5.75 Å². The molecule has 1 aromatic heterocycles. The molecule has 220 valence electrons. The Morgan fingerprint density at radius 2 is 2.02 bits per heavy atom. The van der Waals surface area contributed by atoms with Gasteiger partial charge in [0, 0.05) is 25.2 Å². The topological polar surface area (TPSA) is 164 Å². The molecule has 1 saturated heterocycles. The van der Waals surface area contributed by atoms with Gasteiger partial charge >= 0.3 is 6.09 Å². The second kappa shape index (κ2) is 11.7. The normalized spacial score (nSPS) is 18.5. The fourth-order valence-electron chi connectivity index (χ4n) is 5.53. The number of benzene rings is 1. The van der Waals surface area contributed by atoms with E-state index in [2.05, 4.69) is 30.8 Å². The smallest absolute Gasteiger partial charge is 0.408 e. The highest BCUT2D eigenvalue weighted by Crippen LogP contribution is 2.36. The lowest BCUT2D eigenvalue weighted by Crippen LogP contribution is -2.52. The number of anilines is 3. The number of alkyl carbamates (subject to hydrolysis) is 1. The van der Waals surface area contributed by atoms with Gasteiger partial charge in [0.05, 0.1) is 19.1 Å². The molecule has 5 N–H and O–H groups in total. The van der Waals surface area contributed by atoms with Crippen LogP contribution in [-0.4, -0.2) is 76.8 Å². The zero-order valence-corrected chi connectivity index (χ0v) is 23.7. The van der Waals surface area contributed by atoms with Gasteiger partial charge in [-0.2, -0.15) is 0 Å². The van der Waals surface area contributed by atoms with Gasteiger partial charge in [-0.3, -0.25) is 9.59 Å². The molecule has 0 aliphatic carbocycles. The van der Waals surface area contributed by atoms with E-state index < -0.39 is 29.6 Å². The van der Waals surface area contributed by atoms with Crippen LogP contribution < -0.4 is 31.3 Å². The second-order valence-electron chi connectivity index (χ2n) is 11.5. The van der Waals surface area contributed by atoms with Crippen molar-refractivity contribution in [3.8, 4) is 5.75 Å². The van der Waals surface area contributed by atoms with Crippen LogP contribution in [0, 0.1) is 0 Å². The van der Waals surface area contributed by atoms with Crippen LogP contribution in [0.3, 0.4) is 0 Å². The largest absolute Gasteiger partial charge is 0.491 e. The highest BCUT2D eigenvalue weighted by atomic mass is 16.6. The Bertz CT molecular complexity index is 1310. The van der Waals surface area contributed by atoms with Crippen molar-refractivity contribution in [2.24, 2.45) is 5.73 Å². The van der Waals surface area contributed by atoms with Gasteiger partial charge in [-0.1, -0.05) is 12.1 Å². The Labute approximate surface area is 239 Å². The first-order valence-electron chi connectivity index (χ1n) is 14.0. The third kappa shape index (κ3) is 6.55. The number of carbonyl (C=O) groups is 3. The predicted molar refractivity (Wildman–Crippen MR) is 153 cm³/mol. The lowest BCUT2D eigenvalue weighted by Gasteiger charge is -2.33. The molecule has 4 heterocycles. The van der Waals surface area contributed by atoms with E-state index in [-0.39, 0.29) is 12.5 Å². The van der Waals surface area contributed by atoms with Gasteiger partial charge in [0.25, 0.3) is 0 Å². The molecule has 2 aromatic rings. The molecule has 0 bridgehead atoms. The summed E-state index contributed by atoms with van der Waals surface area (Å²) in [5.41, 5.74) is 7.58. The monoisotopic (exact) mass is 566 g/mol. The number of aromatic nitrogens is 2. The minimum Gasteiger partial charge on any atom is -0.491 e. The molecule has 0 saturated carbocycles. The van der Waals surface area contributed by atoms with Gasteiger partial charge in [0.1, 0.15) is 36.0 Å². The number of nitrogens with zero attached hydrogens (tertiary/aromatic N) is 4. The summed E-state index contributed by atoms with van der Waals surface area (Å²) in [6.45, 7) is 7.85. The molecule has 0 radical (unpaired) electrons. The predicted octanol–water partition coefficient (Wildman–Crippen LogP) is 1.97. The molecule has 0 spiro atoms. The summed E-state index contributed by atoms with van der Waals surface area (Å²) in [6, 6.07) is 4.92. The van der Waals surface area contributed by atoms with E-state index in [9.17, 15) is 14.4 Å². The molecule has 13 heteroatoms. The maximum Gasteiger partial charge on any atom is 0.408 e. The Morgan fingerprint density at radius 3 is 2.80 bits per heavy atom. The van der Waals surface area contributed by atoms with Crippen molar-refractivity contribution in [2.45, 2.75) is 70.7 Å². The van der Waals surface area contributed by atoms with Crippen molar-refractivity contribution in [1.82, 2.24) is 20.2 Å². The zero-order valence-electron chi connectivity index (χ0n) is 23.7. The molecule has 13 nitrogen and oxygen atoms in total. The highest BCUT2D eigenvalue weighted by molar-refractivity contribution is 5.90. The summed E-state index contributed by atoms with van der Waals surface area (Å²) in [4.78, 5) is 50.4. The molecule has 3 aliphatic heterocycles. The van der Waals surface area contributed by atoms with Crippen LogP contribution in [0.1, 0.15) is 51.2 Å². The summed E-state index contributed by atoms with van der Waals surface area (Å²) in [5.74, 6) is 1.30. The third-order valence-corrected chi connectivity index (χ3v) is 7.36. The first kappa shape index (κ1) is 28.2. The Balaban J connectivity index is 1.27. The van der Waals surface area contributed by atoms with E-state index in [4.69, 9.17) is 15.2 Å². The maximum absolute atomic E-state index is 13.5. The lowest BCUT2D eigenvalue weighted by atomic mass is 9.98. The molecule has 1 fully saturated rings. The number of fused-ring (bicyclic) bond motifs is 2. The van der Waals surface area contributed by atoms with Crippen molar-refractivity contribution in [1.29, 1.82) is 0 Å². The lowest BCUT2D eigenvalue weighted by molar-refractivity contribution is -0.136. The quantitative estimate of drug-likeness (QED) is 0.371. The van der Waals surface area contributed by atoms with Gasteiger partial charge < -0.3 is 41.0 Å². The van der Waals surface area contributed by atoms with E-state index >= 15 is 0 Å².